The van der Waals surface area contributed by atoms with E-state index < -0.39 is 6.09 Å². The van der Waals surface area contributed by atoms with Crippen molar-refractivity contribution in [2.45, 2.75) is 6.54 Å². The molecule has 0 heterocycles. The number of rotatable bonds is 2. The molecule has 0 fully saturated rings. The second-order valence-electron chi connectivity index (χ2n) is 3.34. The number of carboxylic acid groups (broad SMARTS) is 1. The Bertz CT molecular complexity index is 494. The minimum Gasteiger partial charge on any atom is -0.465 e. The number of fused-ring (bicyclic) bond motifs is 1. The highest BCUT2D eigenvalue weighted by atomic mass is 16.4. The lowest BCUT2D eigenvalue weighted by Crippen LogP contribution is -2.19. The quantitative estimate of drug-likeness (QED) is 0.784. The van der Waals surface area contributed by atoms with Crippen molar-refractivity contribution in [2.24, 2.45) is 0 Å². The number of benzene rings is 2. The van der Waals surface area contributed by atoms with Gasteiger partial charge in [0.25, 0.3) is 0 Å². The first-order valence-electron chi connectivity index (χ1n) is 4.70. The van der Waals surface area contributed by atoms with Crippen LogP contribution in [0.2, 0.25) is 0 Å². The summed E-state index contributed by atoms with van der Waals surface area (Å²) >= 11 is 0. The van der Waals surface area contributed by atoms with E-state index in [1.807, 2.05) is 42.5 Å². The van der Waals surface area contributed by atoms with Crippen LogP contribution in [-0.4, -0.2) is 11.2 Å². The van der Waals surface area contributed by atoms with E-state index >= 15 is 0 Å². The minimum atomic E-state index is -0.997. The summed E-state index contributed by atoms with van der Waals surface area (Å²) in [7, 11) is 0. The van der Waals surface area contributed by atoms with Crippen molar-refractivity contribution < 1.29 is 9.90 Å². The number of hydrogen-bond acceptors (Lipinski definition) is 1. The third kappa shape index (κ3) is 2.26. The average molecular weight is 201 g/mol. The molecule has 1 amide bonds. The monoisotopic (exact) mass is 201 g/mol. The van der Waals surface area contributed by atoms with Crippen LogP contribution in [0, 0.1) is 0 Å². The molecule has 0 saturated heterocycles. The number of nitrogens with one attached hydrogen (secondary N) is 1. The summed E-state index contributed by atoms with van der Waals surface area (Å²) in [6.45, 7) is 0.347. The smallest absolute Gasteiger partial charge is 0.404 e. The maximum absolute atomic E-state index is 10.3. The van der Waals surface area contributed by atoms with E-state index in [1.165, 1.54) is 0 Å². The molecule has 0 unspecified atom stereocenters. The molecule has 2 aromatic rings. The zero-order chi connectivity index (χ0) is 10.7. The van der Waals surface area contributed by atoms with Crippen LogP contribution in [0.15, 0.2) is 42.5 Å². The Morgan fingerprint density at radius 3 is 2.60 bits per heavy atom. The highest BCUT2D eigenvalue weighted by molar-refractivity contribution is 5.83. The van der Waals surface area contributed by atoms with Crippen LogP contribution in [-0.2, 0) is 6.54 Å². The summed E-state index contributed by atoms with van der Waals surface area (Å²) < 4.78 is 0. The standard InChI is InChI=1S/C12H11NO2/c14-12(15)13-8-9-5-6-10-3-1-2-4-11(10)7-9/h1-7,13H,8H2,(H,14,15). The number of hydrogen-bond donors (Lipinski definition) is 2. The molecule has 3 nitrogen and oxygen atoms in total. The largest absolute Gasteiger partial charge is 0.465 e. The molecule has 0 atom stereocenters. The summed E-state index contributed by atoms with van der Waals surface area (Å²) in [5, 5.41) is 13.1. The SMILES string of the molecule is O=C(O)NCc1ccc2ccccc2c1. The molecule has 0 aliphatic rings. The van der Waals surface area contributed by atoms with Crippen molar-refractivity contribution in [3.8, 4) is 0 Å². The minimum absolute atomic E-state index is 0.347. The first-order chi connectivity index (χ1) is 7.25. The molecular weight excluding hydrogens is 190 g/mol. The second-order valence-corrected chi connectivity index (χ2v) is 3.34. The maximum atomic E-state index is 10.3. The molecule has 15 heavy (non-hydrogen) atoms. The first kappa shape index (κ1) is 9.52. The highest BCUT2D eigenvalue weighted by Gasteiger charge is 1.98. The molecule has 2 rings (SSSR count). The fourth-order valence-electron chi connectivity index (χ4n) is 1.53. The Kier molecular flexibility index (Phi) is 2.54. The first-order valence-corrected chi connectivity index (χ1v) is 4.70. The third-order valence-corrected chi connectivity index (χ3v) is 2.26. The Morgan fingerprint density at radius 2 is 1.87 bits per heavy atom. The molecule has 0 bridgehead atoms. The van der Waals surface area contributed by atoms with Gasteiger partial charge < -0.3 is 10.4 Å². The van der Waals surface area contributed by atoms with Gasteiger partial charge in [0.1, 0.15) is 0 Å². The lowest BCUT2D eigenvalue weighted by Gasteiger charge is -2.03. The van der Waals surface area contributed by atoms with Crippen LogP contribution >= 0.6 is 0 Å². The predicted octanol–water partition coefficient (Wildman–Crippen LogP) is 2.61. The molecule has 3 heteroatoms. The van der Waals surface area contributed by atoms with Gasteiger partial charge in [0.05, 0.1) is 0 Å². The van der Waals surface area contributed by atoms with Gasteiger partial charge in [0.2, 0.25) is 0 Å². The zero-order valence-corrected chi connectivity index (χ0v) is 8.10. The van der Waals surface area contributed by atoms with E-state index in [2.05, 4.69) is 5.32 Å². The van der Waals surface area contributed by atoms with E-state index in [-0.39, 0.29) is 0 Å². The Hall–Kier alpha value is -2.03. The van der Waals surface area contributed by atoms with Crippen LogP contribution in [0.5, 0.6) is 0 Å². The molecule has 2 N–H and O–H groups in total. The van der Waals surface area contributed by atoms with E-state index in [4.69, 9.17) is 5.11 Å². The van der Waals surface area contributed by atoms with Gasteiger partial charge in [0, 0.05) is 6.54 Å². The molecule has 0 spiro atoms. The van der Waals surface area contributed by atoms with Crippen LogP contribution in [0.3, 0.4) is 0 Å². The van der Waals surface area contributed by atoms with E-state index in [1.54, 1.807) is 0 Å². The van der Waals surface area contributed by atoms with E-state index in [0.29, 0.717) is 6.54 Å². The van der Waals surface area contributed by atoms with E-state index in [9.17, 15) is 4.79 Å². The summed E-state index contributed by atoms with van der Waals surface area (Å²) in [5.74, 6) is 0. The molecule has 2 aromatic carbocycles. The summed E-state index contributed by atoms with van der Waals surface area (Å²) in [6.07, 6.45) is -0.997. The Balaban J connectivity index is 2.26. The van der Waals surface area contributed by atoms with Crippen LogP contribution in [0.1, 0.15) is 5.56 Å². The fourth-order valence-corrected chi connectivity index (χ4v) is 1.53. The second kappa shape index (κ2) is 4.00. The van der Waals surface area contributed by atoms with Crippen LogP contribution in [0.4, 0.5) is 4.79 Å². The Labute approximate surface area is 87.3 Å². The van der Waals surface area contributed by atoms with Crippen molar-refractivity contribution in [3.05, 3.63) is 48.0 Å². The zero-order valence-electron chi connectivity index (χ0n) is 8.10. The van der Waals surface area contributed by atoms with Gasteiger partial charge in [-0.2, -0.15) is 0 Å². The topological polar surface area (TPSA) is 49.3 Å². The normalized spacial score (nSPS) is 10.1. The van der Waals surface area contributed by atoms with Crippen LogP contribution in [0.25, 0.3) is 10.8 Å². The van der Waals surface area contributed by atoms with Gasteiger partial charge in [-0.1, -0.05) is 36.4 Å². The van der Waals surface area contributed by atoms with Gasteiger partial charge in [-0.25, -0.2) is 4.79 Å². The summed E-state index contributed by atoms with van der Waals surface area (Å²) in [6, 6.07) is 13.9. The number of amides is 1. The van der Waals surface area contributed by atoms with Gasteiger partial charge in [0.15, 0.2) is 0 Å². The summed E-state index contributed by atoms with van der Waals surface area (Å²) in [5.41, 5.74) is 0.969. The van der Waals surface area contributed by atoms with Gasteiger partial charge in [-0.3, -0.25) is 0 Å². The lowest BCUT2D eigenvalue weighted by molar-refractivity contribution is 0.194. The third-order valence-electron chi connectivity index (χ3n) is 2.26. The molecule has 0 aliphatic carbocycles. The van der Waals surface area contributed by atoms with Gasteiger partial charge in [-0.15, -0.1) is 0 Å². The van der Waals surface area contributed by atoms with Gasteiger partial charge >= 0.3 is 6.09 Å². The summed E-state index contributed by atoms with van der Waals surface area (Å²) in [4.78, 5) is 10.3. The fraction of sp³-hybridized carbons (Fsp3) is 0.0833. The van der Waals surface area contributed by atoms with Crippen LogP contribution < -0.4 is 5.32 Å². The molecule has 0 saturated carbocycles. The van der Waals surface area contributed by atoms with Crippen molar-refractivity contribution in [3.63, 3.8) is 0 Å². The Morgan fingerprint density at radius 1 is 1.13 bits per heavy atom. The van der Waals surface area contributed by atoms with E-state index in [0.717, 1.165) is 16.3 Å². The maximum Gasteiger partial charge on any atom is 0.404 e. The average Bonchev–Trinajstić information content (AvgIpc) is 2.26. The van der Waals surface area contributed by atoms with Crippen molar-refractivity contribution in [2.75, 3.05) is 0 Å². The molecule has 0 aromatic heterocycles. The van der Waals surface area contributed by atoms with Gasteiger partial charge in [-0.05, 0) is 22.4 Å². The predicted molar refractivity (Wildman–Crippen MR) is 58.8 cm³/mol. The molecule has 76 valence electrons. The van der Waals surface area contributed by atoms with Crippen molar-refractivity contribution in [1.29, 1.82) is 0 Å². The molecular formula is C12H11NO2. The van der Waals surface area contributed by atoms with Crippen molar-refractivity contribution >= 4 is 16.9 Å². The molecule has 0 aliphatic heterocycles. The molecule has 0 radical (unpaired) electrons. The van der Waals surface area contributed by atoms with Crippen molar-refractivity contribution in [1.82, 2.24) is 5.32 Å². The number of carbonyl (C=O) groups is 1. The highest BCUT2D eigenvalue weighted by Crippen LogP contribution is 2.15. The lowest BCUT2D eigenvalue weighted by atomic mass is 10.1.